The largest absolute Gasteiger partial charge is 0.332 e. The van der Waals surface area contributed by atoms with Gasteiger partial charge in [0.15, 0.2) is 11.2 Å². The van der Waals surface area contributed by atoms with E-state index in [1.165, 1.54) is 14.7 Å². The molecule has 0 bridgehead atoms. The van der Waals surface area contributed by atoms with E-state index in [1.54, 1.807) is 7.05 Å². The molecule has 3 heterocycles. The van der Waals surface area contributed by atoms with Crippen LogP contribution in [0.3, 0.4) is 0 Å². The van der Waals surface area contributed by atoms with E-state index in [1.807, 2.05) is 35.8 Å². The SMILES string of the molecule is CCc1ccc(N2C[C@@H](C)Cn3c2nc2c3c(=O)n(Cc3ccc(C)cc3)c(=O)n2C)cc1. The molecule has 0 radical (unpaired) electrons. The van der Waals surface area contributed by atoms with Crippen LogP contribution in [-0.4, -0.2) is 25.2 Å². The second kappa shape index (κ2) is 8.06. The van der Waals surface area contributed by atoms with Crippen molar-refractivity contribution < 1.29 is 0 Å². The summed E-state index contributed by atoms with van der Waals surface area (Å²) in [5.41, 5.74) is 4.66. The number of fused-ring (bicyclic) bond motifs is 3. The molecule has 1 atom stereocenters. The summed E-state index contributed by atoms with van der Waals surface area (Å²) in [5, 5.41) is 0. The van der Waals surface area contributed by atoms with Crippen LogP contribution in [0.1, 0.15) is 30.5 Å². The Hall–Kier alpha value is -3.61. The average Bonchev–Trinajstić information content (AvgIpc) is 3.21. The fraction of sp³-hybridized carbons (Fsp3) is 0.346. The average molecular weight is 444 g/mol. The van der Waals surface area contributed by atoms with Gasteiger partial charge in [0.25, 0.3) is 5.56 Å². The van der Waals surface area contributed by atoms with Gasteiger partial charge < -0.3 is 9.47 Å². The standard InChI is InChI=1S/C26H29N5O2/c1-5-19-10-12-21(13-11-19)29-14-18(3)15-30-22-23(27-25(29)30)28(4)26(33)31(24(22)32)16-20-8-6-17(2)7-9-20/h6-13,18H,5,14-16H2,1-4H3/t18-/m1/s1. The third-order valence-electron chi connectivity index (χ3n) is 6.56. The van der Waals surface area contributed by atoms with E-state index >= 15 is 0 Å². The van der Waals surface area contributed by atoms with Crippen molar-refractivity contribution in [3.63, 3.8) is 0 Å². The van der Waals surface area contributed by atoms with E-state index in [2.05, 4.69) is 43.0 Å². The van der Waals surface area contributed by atoms with E-state index in [0.717, 1.165) is 29.8 Å². The monoisotopic (exact) mass is 443 g/mol. The van der Waals surface area contributed by atoms with E-state index in [9.17, 15) is 9.59 Å². The van der Waals surface area contributed by atoms with Crippen molar-refractivity contribution in [3.05, 3.63) is 86.1 Å². The van der Waals surface area contributed by atoms with Gasteiger partial charge in [0, 0.05) is 25.8 Å². The minimum absolute atomic E-state index is 0.236. The first kappa shape index (κ1) is 21.2. The Morgan fingerprint density at radius 2 is 1.64 bits per heavy atom. The Kier molecular flexibility index (Phi) is 5.19. The minimum Gasteiger partial charge on any atom is -0.312 e. The molecule has 170 valence electrons. The summed E-state index contributed by atoms with van der Waals surface area (Å²) in [7, 11) is 1.69. The second-order valence-corrected chi connectivity index (χ2v) is 9.15. The molecule has 4 aromatic rings. The second-order valence-electron chi connectivity index (χ2n) is 9.15. The van der Waals surface area contributed by atoms with Gasteiger partial charge in [-0.05, 0) is 42.5 Å². The Morgan fingerprint density at radius 1 is 0.970 bits per heavy atom. The van der Waals surface area contributed by atoms with E-state index in [-0.39, 0.29) is 17.8 Å². The van der Waals surface area contributed by atoms with Crippen LogP contribution in [0.5, 0.6) is 0 Å². The van der Waals surface area contributed by atoms with Crippen LogP contribution in [0, 0.1) is 12.8 Å². The van der Waals surface area contributed by atoms with E-state index < -0.39 is 0 Å². The molecule has 0 unspecified atom stereocenters. The maximum absolute atomic E-state index is 13.6. The minimum atomic E-state index is -0.351. The lowest BCUT2D eigenvalue weighted by Gasteiger charge is -2.33. The third-order valence-corrected chi connectivity index (χ3v) is 6.56. The fourth-order valence-corrected chi connectivity index (χ4v) is 4.65. The molecule has 0 saturated heterocycles. The number of anilines is 2. The maximum atomic E-state index is 13.6. The van der Waals surface area contributed by atoms with Crippen molar-refractivity contribution in [2.24, 2.45) is 13.0 Å². The number of rotatable bonds is 4. The zero-order chi connectivity index (χ0) is 23.3. The summed E-state index contributed by atoms with van der Waals surface area (Å²) in [6.07, 6.45) is 0.984. The highest BCUT2D eigenvalue weighted by molar-refractivity contribution is 5.77. The molecule has 0 fully saturated rings. The van der Waals surface area contributed by atoms with Gasteiger partial charge in [-0.15, -0.1) is 0 Å². The highest BCUT2D eigenvalue weighted by atomic mass is 16.2. The zero-order valence-corrected chi connectivity index (χ0v) is 19.6. The summed E-state index contributed by atoms with van der Waals surface area (Å²) in [6.45, 7) is 8.06. The van der Waals surface area contributed by atoms with Gasteiger partial charge in [-0.25, -0.2) is 4.79 Å². The van der Waals surface area contributed by atoms with Gasteiger partial charge in [-0.3, -0.25) is 13.9 Å². The lowest BCUT2D eigenvalue weighted by Crippen LogP contribution is -2.40. The van der Waals surface area contributed by atoms with Gasteiger partial charge in [0.2, 0.25) is 5.95 Å². The molecule has 2 aromatic heterocycles. The Bertz CT molecular complexity index is 1440. The number of aromatic nitrogens is 4. The number of hydrogen-bond donors (Lipinski definition) is 0. The highest BCUT2D eigenvalue weighted by Crippen LogP contribution is 2.33. The molecule has 7 nitrogen and oxygen atoms in total. The van der Waals surface area contributed by atoms with Crippen molar-refractivity contribution >= 4 is 22.8 Å². The van der Waals surface area contributed by atoms with Gasteiger partial charge in [-0.2, -0.15) is 4.98 Å². The summed E-state index contributed by atoms with van der Waals surface area (Å²) >= 11 is 0. The molecule has 1 aliphatic heterocycles. The first-order valence-corrected chi connectivity index (χ1v) is 11.5. The molecule has 7 heteroatoms. The predicted molar refractivity (Wildman–Crippen MR) is 132 cm³/mol. The van der Waals surface area contributed by atoms with Gasteiger partial charge in [0.05, 0.1) is 6.54 Å². The van der Waals surface area contributed by atoms with Crippen molar-refractivity contribution in [2.75, 3.05) is 11.4 Å². The highest BCUT2D eigenvalue weighted by Gasteiger charge is 2.29. The molecule has 0 amide bonds. The lowest BCUT2D eigenvalue weighted by atomic mass is 10.1. The van der Waals surface area contributed by atoms with Crippen molar-refractivity contribution in [1.29, 1.82) is 0 Å². The van der Waals surface area contributed by atoms with Crippen LogP contribution in [-0.2, 0) is 26.6 Å². The molecular formula is C26H29N5O2. The first-order chi connectivity index (χ1) is 15.9. The van der Waals surface area contributed by atoms with Crippen LogP contribution in [0.4, 0.5) is 11.6 Å². The van der Waals surface area contributed by atoms with Crippen LogP contribution in [0.2, 0.25) is 0 Å². The lowest BCUT2D eigenvalue weighted by molar-refractivity contribution is 0.458. The number of imidazole rings is 1. The normalized spacial score (nSPS) is 15.8. The molecule has 2 aromatic carbocycles. The molecular weight excluding hydrogens is 414 g/mol. The Labute approximate surface area is 192 Å². The number of benzene rings is 2. The molecule has 0 aliphatic carbocycles. The van der Waals surface area contributed by atoms with E-state index in [0.29, 0.717) is 29.6 Å². The molecule has 0 spiro atoms. The summed E-state index contributed by atoms with van der Waals surface area (Å²) in [5.74, 6) is 1.04. The Morgan fingerprint density at radius 3 is 2.30 bits per heavy atom. The van der Waals surface area contributed by atoms with Crippen LogP contribution < -0.4 is 16.1 Å². The zero-order valence-electron chi connectivity index (χ0n) is 19.6. The topological polar surface area (TPSA) is 65.1 Å². The third kappa shape index (κ3) is 3.57. The molecule has 33 heavy (non-hydrogen) atoms. The molecule has 0 saturated carbocycles. The van der Waals surface area contributed by atoms with Crippen LogP contribution in [0.15, 0.2) is 58.1 Å². The van der Waals surface area contributed by atoms with Crippen molar-refractivity contribution in [3.8, 4) is 0 Å². The molecule has 5 rings (SSSR count). The summed E-state index contributed by atoms with van der Waals surface area (Å²) in [6, 6.07) is 16.4. The smallest absolute Gasteiger partial charge is 0.312 e. The molecule has 1 aliphatic rings. The molecule has 0 N–H and O–H groups in total. The van der Waals surface area contributed by atoms with Crippen LogP contribution in [0.25, 0.3) is 11.2 Å². The number of hydrogen-bond acceptors (Lipinski definition) is 4. The summed E-state index contributed by atoms with van der Waals surface area (Å²) < 4.78 is 4.81. The first-order valence-electron chi connectivity index (χ1n) is 11.5. The Balaban J connectivity index is 1.68. The van der Waals surface area contributed by atoms with Gasteiger partial charge >= 0.3 is 5.69 Å². The predicted octanol–water partition coefficient (Wildman–Crippen LogP) is 3.60. The van der Waals surface area contributed by atoms with E-state index in [4.69, 9.17) is 4.98 Å². The quantitative estimate of drug-likeness (QED) is 0.483. The van der Waals surface area contributed by atoms with Crippen molar-refractivity contribution in [2.45, 2.75) is 40.3 Å². The number of aryl methyl sites for hydroxylation is 3. The summed E-state index contributed by atoms with van der Waals surface area (Å²) in [4.78, 5) is 33.7. The fourth-order valence-electron chi connectivity index (χ4n) is 4.65. The van der Waals surface area contributed by atoms with Gasteiger partial charge in [0.1, 0.15) is 0 Å². The number of nitrogens with zero attached hydrogens (tertiary/aromatic N) is 5. The van der Waals surface area contributed by atoms with Crippen molar-refractivity contribution in [1.82, 2.24) is 18.7 Å². The maximum Gasteiger partial charge on any atom is 0.332 e. The van der Waals surface area contributed by atoms with Gasteiger partial charge in [-0.1, -0.05) is 55.8 Å². The van der Waals surface area contributed by atoms with Crippen LogP contribution >= 0.6 is 0 Å².